The van der Waals surface area contributed by atoms with Crippen molar-refractivity contribution in [3.8, 4) is 0 Å². The molecule has 0 aromatic heterocycles. The first-order valence-corrected chi connectivity index (χ1v) is 9.88. The van der Waals surface area contributed by atoms with E-state index in [1.54, 1.807) is 22.7 Å². The first kappa shape index (κ1) is 21.0. The third-order valence-electron chi connectivity index (χ3n) is 4.97. The number of carbonyl (C=O) groups excluding carboxylic acids is 2. The van der Waals surface area contributed by atoms with Gasteiger partial charge in [0.05, 0.1) is 11.6 Å². The van der Waals surface area contributed by atoms with Crippen LogP contribution in [0.25, 0.3) is 0 Å². The van der Waals surface area contributed by atoms with E-state index in [2.05, 4.69) is 10.6 Å². The number of amides is 2. The van der Waals surface area contributed by atoms with Gasteiger partial charge in [0.15, 0.2) is 0 Å². The molecule has 0 spiro atoms. The molecule has 2 amide bonds. The van der Waals surface area contributed by atoms with Crippen molar-refractivity contribution in [2.45, 2.75) is 39.3 Å². The van der Waals surface area contributed by atoms with Crippen molar-refractivity contribution in [3.63, 3.8) is 0 Å². The topological polar surface area (TPSA) is 61.4 Å². The zero-order valence-electron chi connectivity index (χ0n) is 15.0. The number of carbonyl (C=O) groups is 2. The Morgan fingerprint density at radius 2 is 2.23 bits per heavy atom. The number of hydrogen-bond donors (Lipinski definition) is 2. The minimum atomic E-state index is -0.538. The zero-order valence-corrected chi connectivity index (χ0v) is 16.6. The van der Waals surface area contributed by atoms with Gasteiger partial charge in [0.2, 0.25) is 11.8 Å². The van der Waals surface area contributed by atoms with Gasteiger partial charge in [0.1, 0.15) is 11.9 Å². The Morgan fingerprint density at radius 1 is 1.46 bits per heavy atom. The predicted octanol–water partition coefficient (Wildman–Crippen LogP) is 2.78. The van der Waals surface area contributed by atoms with Crippen LogP contribution in [-0.2, 0) is 22.6 Å². The quantitative estimate of drug-likeness (QED) is 0.814. The number of nitrogens with zero attached hydrogens (tertiary/aromatic N) is 1. The lowest BCUT2D eigenvalue weighted by Gasteiger charge is -2.26. The van der Waals surface area contributed by atoms with Crippen molar-refractivity contribution in [2.75, 3.05) is 23.5 Å². The average molecular weight is 402 g/mol. The monoisotopic (exact) mass is 401 g/mol. The lowest BCUT2D eigenvalue weighted by molar-refractivity contribution is -0.139. The number of thioether (sulfide) groups is 1. The summed E-state index contributed by atoms with van der Waals surface area (Å²) in [6.07, 6.45) is 1.35. The molecule has 1 fully saturated rings. The van der Waals surface area contributed by atoms with Crippen LogP contribution in [0.5, 0.6) is 0 Å². The van der Waals surface area contributed by atoms with E-state index in [4.69, 9.17) is 0 Å². The summed E-state index contributed by atoms with van der Waals surface area (Å²) in [5.41, 5.74) is 1.81. The second-order valence-electron chi connectivity index (χ2n) is 6.61. The summed E-state index contributed by atoms with van der Waals surface area (Å²) in [5.74, 6) is 0.281. The van der Waals surface area contributed by atoms with Crippen molar-refractivity contribution < 1.29 is 14.0 Å². The number of fused-ring (bicyclic) bond motifs is 1. The maximum atomic E-state index is 14.7. The molecular weight excluding hydrogens is 377 g/mol. The van der Waals surface area contributed by atoms with E-state index in [0.717, 1.165) is 18.5 Å². The van der Waals surface area contributed by atoms with Crippen LogP contribution in [0, 0.1) is 11.7 Å². The Morgan fingerprint density at radius 3 is 2.96 bits per heavy atom. The summed E-state index contributed by atoms with van der Waals surface area (Å²) in [6.45, 7) is 5.21. The minimum Gasteiger partial charge on any atom is -0.322 e. The molecule has 0 radical (unpaired) electrons. The zero-order chi connectivity index (χ0) is 18.0. The average Bonchev–Trinajstić information content (AvgIpc) is 3.12. The number of anilines is 1. The van der Waals surface area contributed by atoms with Crippen molar-refractivity contribution in [3.05, 3.63) is 29.1 Å². The van der Waals surface area contributed by atoms with Crippen LogP contribution in [0.15, 0.2) is 12.1 Å². The molecule has 2 atom stereocenters. The molecule has 3 rings (SSSR count). The molecule has 26 heavy (non-hydrogen) atoms. The number of benzene rings is 1. The maximum absolute atomic E-state index is 14.7. The Bertz CT molecular complexity index is 689. The molecule has 2 aliphatic rings. The first-order valence-electron chi connectivity index (χ1n) is 8.73. The largest absolute Gasteiger partial charge is 0.322 e. The van der Waals surface area contributed by atoms with Gasteiger partial charge in [-0.1, -0.05) is 19.9 Å². The van der Waals surface area contributed by atoms with E-state index in [9.17, 15) is 14.0 Å². The first-order chi connectivity index (χ1) is 12.0. The molecule has 0 aliphatic carbocycles. The smallest absolute Gasteiger partial charge is 0.248 e. The molecule has 1 saturated heterocycles. The van der Waals surface area contributed by atoms with E-state index in [1.165, 1.54) is 0 Å². The highest BCUT2D eigenvalue weighted by atomic mass is 35.5. The number of hydrogen-bond acceptors (Lipinski definition) is 4. The van der Waals surface area contributed by atoms with Crippen LogP contribution in [-0.4, -0.2) is 40.9 Å². The van der Waals surface area contributed by atoms with E-state index >= 15 is 0 Å². The van der Waals surface area contributed by atoms with Crippen molar-refractivity contribution in [1.29, 1.82) is 0 Å². The third kappa shape index (κ3) is 4.15. The minimum absolute atomic E-state index is 0. The molecule has 2 unspecified atom stereocenters. The van der Waals surface area contributed by atoms with Gasteiger partial charge in [-0.2, -0.15) is 0 Å². The Hall–Kier alpha value is -1.31. The SMILES string of the molecule is CCC(C)C(=O)N1CSCC1C(=O)Nc1ccc2c(c1F)CCNC2.Cl. The van der Waals surface area contributed by atoms with Crippen LogP contribution in [0.4, 0.5) is 10.1 Å². The Kier molecular flexibility index (Phi) is 7.32. The summed E-state index contributed by atoms with van der Waals surface area (Å²) in [7, 11) is 0. The Balaban J connectivity index is 0.00000243. The molecule has 0 bridgehead atoms. The fraction of sp³-hybridized carbons (Fsp3) is 0.556. The number of nitrogens with one attached hydrogen (secondary N) is 2. The molecule has 144 valence electrons. The molecule has 2 heterocycles. The van der Waals surface area contributed by atoms with E-state index in [-0.39, 0.29) is 41.6 Å². The molecule has 1 aromatic carbocycles. The van der Waals surface area contributed by atoms with E-state index < -0.39 is 6.04 Å². The van der Waals surface area contributed by atoms with Gasteiger partial charge in [-0.3, -0.25) is 9.59 Å². The van der Waals surface area contributed by atoms with Crippen LogP contribution < -0.4 is 10.6 Å². The van der Waals surface area contributed by atoms with Gasteiger partial charge < -0.3 is 15.5 Å². The maximum Gasteiger partial charge on any atom is 0.248 e. The summed E-state index contributed by atoms with van der Waals surface area (Å²) >= 11 is 1.55. The summed E-state index contributed by atoms with van der Waals surface area (Å²) in [6, 6.07) is 2.93. The highest BCUT2D eigenvalue weighted by molar-refractivity contribution is 7.99. The van der Waals surface area contributed by atoms with E-state index in [1.807, 2.05) is 19.9 Å². The van der Waals surface area contributed by atoms with Crippen LogP contribution in [0.2, 0.25) is 0 Å². The fourth-order valence-electron chi connectivity index (χ4n) is 3.18. The Labute approximate surface area is 163 Å². The molecular formula is C18H25ClFN3O2S. The van der Waals surface area contributed by atoms with Crippen LogP contribution >= 0.6 is 24.2 Å². The van der Waals surface area contributed by atoms with Crippen LogP contribution in [0.3, 0.4) is 0 Å². The second kappa shape index (κ2) is 9.06. The van der Waals surface area contributed by atoms with Gasteiger partial charge in [-0.15, -0.1) is 24.2 Å². The van der Waals surface area contributed by atoms with Gasteiger partial charge >= 0.3 is 0 Å². The molecule has 0 saturated carbocycles. The standard InChI is InChI=1S/C18H24FN3O2S.ClH/c1-3-11(2)18(24)22-10-25-9-15(22)17(23)21-14-5-4-12-8-20-7-6-13(12)16(14)19;/h4-5,11,15,20H,3,6-10H2,1-2H3,(H,21,23);1H. The summed E-state index contributed by atoms with van der Waals surface area (Å²) < 4.78 is 14.7. The summed E-state index contributed by atoms with van der Waals surface area (Å²) in [5, 5.41) is 5.91. The highest BCUT2D eigenvalue weighted by Gasteiger charge is 2.36. The van der Waals surface area contributed by atoms with E-state index in [0.29, 0.717) is 30.2 Å². The number of rotatable bonds is 4. The lowest BCUT2D eigenvalue weighted by Crippen LogP contribution is -2.46. The molecule has 2 N–H and O–H groups in total. The molecule has 5 nitrogen and oxygen atoms in total. The molecule has 2 aliphatic heterocycles. The predicted molar refractivity (Wildman–Crippen MR) is 105 cm³/mol. The third-order valence-corrected chi connectivity index (χ3v) is 5.98. The summed E-state index contributed by atoms with van der Waals surface area (Å²) in [4.78, 5) is 26.7. The highest BCUT2D eigenvalue weighted by Crippen LogP contribution is 2.27. The van der Waals surface area contributed by atoms with Gasteiger partial charge in [-0.05, 0) is 36.6 Å². The van der Waals surface area contributed by atoms with Gasteiger partial charge in [0, 0.05) is 18.2 Å². The fourth-order valence-corrected chi connectivity index (χ4v) is 4.34. The molecule has 1 aromatic rings. The van der Waals surface area contributed by atoms with Crippen LogP contribution in [0.1, 0.15) is 31.4 Å². The number of halogens is 2. The van der Waals surface area contributed by atoms with Crippen molar-refractivity contribution in [2.24, 2.45) is 5.92 Å². The normalized spacial score (nSPS) is 20.1. The van der Waals surface area contributed by atoms with Crippen molar-refractivity contribution >= 4 is 41.7 Å². The van der Waals surface area contributed by atoms with Gasteiger partial charge in [0.25, 0.3) is 0 Å². The lowest BCUT2D eigenvalue weighted by atomic mass is 9.99. The van der Waals surface area contributed by atoms with Gasteiger partial charge in [-0.25, -0.2) is 4.39 Å². The van der Waals surface area contributed by atoms with Crippen molar-refractivity contribution in [1.82, 2.24) is 10.2 Å². The second-order valence-corrected chi connectivity index (χ2v) is 7.61. The molecule has 8 heteroatoms.